The van der Waals surface area contributed by atoms with E-state index >= 15 is 0 Å². The van der Waals surface area contributed by atoms with Crippen LogP contribution in [0, 0.1) is 5.82 Å². The fraction of sp³-hybridized carbons (Fsp3) is 0.600. The molecule has 2 nitrogen and oxygen atoms in total. The highest BCUT2D eigenvalue weighted by Gasteiger charge is 2.14. The number of hydrogen-bond donors (Lipinski definition) is 2. The van der Waals surface area contributed by atoms with Crippen molar-refractivity contribution < 1.29 is 4.39 Å². The molecule has 0 bridgehead atoms. The van der Waals surface area contributed by atoms with Gasteiger partial charge >= 0.3 is 0 Å². The molecular formula is C15H24ClFN2. The summed E-state index contributed by atoms with van der Waals surface area (Å²) in [5.41, 5.74) is 3.30. The number of halogens is 2. The average molecular weight is 287 g/mol. The van der Waals surface area contributed by atoms with Gasteiger partial charge in [0, 0.05) is 16.6 Å². The molecule has 1 aromatic rings. The zero-order chi connectivity index (χ0) is 14.1. The largest absolute Gasteiger partial charge is 0.271 e. The predicted molar refractivity (Wildman–Crippen MR) is 79.5 cm³/mol. The van der Waals surface area contributed by atoms with E-state index in [2.05, 4.69) is 12.3 Å². The summed E-state index contributed by atoms with van der Waals surface area (Å²) in [6.45, 7) is 2.21. The lowest BCUT2D eigenvalue weighted by molar-refractivity contribution is 0.457. The number of rotatable bonds is 9. The molecule has 108 valence electrons. The van der Waals surface area contributed by atoms with Crippen LogP contribution in [0.5, 0.6) is 0 Å². The van der Waals surface area contributed by atoms with Crippen LogP contribution in [0.25, 0.3) is 0 Å². The Morgan fingerprint density at radius 3 is 2.53 bits per heavy atom. The molecule has 1 rings (SSSR count). The first-order chi connectivity index (χ1) is 9.19. The summed E-state index contributed by atoms with van der Waals surface area (Å²) in [5.74, 6) is 5.23. The van der Waals surface area contributed by atoms with E-state index in [1.165, 1.54) is 38.2 Å². The van der Waals surface area contributed by atoms with Gasteiger partial charge in [-0.2, -0.15) is 0 Å². The third kappa shape index (κ3) is 5.89. The van der Waals surface area contributed by atoms with Gasteiger partial charge in [0.05, 0.1) is 0 Å². The van der Waals surface area contributed by atoms with Gasteiger partial charge in [0.1, 0.15) is 5.82 Å². The molecule has 0 spiro atoms. The third-order valence-corrected chi connectivity index (χ3v) is 3.62. The van der Waals surface area contributed by atoms with Gasteiger partial charge in [-0.3, -0.25) is 11.3 Å². The Kier molecular flexibility index (Phi) is 8.03. The lowest BCUT2D eigenvalue weighted by atomic mass is 9.99. The molecule has 0 saturated heterocycles. The van der Waals surface area contributed by atoms with Gasteiger partial charge in [-0.15, -0.1) is 0 Å². The molecule has 4 heteroatoms. The molecule has 0 aromatic heterocycles. The van der Waals surface area contributed by atoms with E-state index in [1.54, 1.807) is 12.1 Å². The summed E-state index contributed by atoms with van der Waals surface area (Å²) in [6.07, 6.45) is 8.16. The molecular weight excluding hydrogens is 263 g/mol. The summed E-state index contributed by atoms with van der Waals surface area (Å²) >= 11 is 5.75. The minimum absolute atomic E-state index is 0.136. The number of benzene rings is 1. The molecule has 1 atom stereocenters. The molecule has 0 aliphatic heterocycles. The van der Waals surface area contributed by atoms with E-state index in [1.807, 2.05) is 0 Å². The van der Waals surface area contributed by atoms with Crippen molar-refractivity contribution >= 4 is 11.6 Å². The third-order valence-electron chi connectivity index (χ3n) is 3.39. The highest BCUT2D eigenvalue weighted by atomic mass is 35.5. The summed E-state index contributed by atoms with van der Waals surface area (Å²) < 4.78 is 13.8. The van der Waals surface area contributed by atoms with Crippen LogP contribution in [0.1, 0.15) is 63.5 Å². The SMILES string of the molecule is CCCCCCCCC(NN)c1ccc(Cl)cc1F. The zero-order valence-corrected chi connectivity index (χ0v) is 12.3. The Hall–Kier alpha value is -0.640. The minimum atomic E-state index is -0.290. The van der Waals surface area contributed by atoms with Crippen LogP contribution in [-0.2, 0) is 0 Å². The molecule has 3 N–H and O–H groups in total. The van der Waals surface area contributed by atoms with Crippen molar-refractivity contribution in [1.82, 2.24) is 5.43 Å². The van der Waals surface area contributed by atoms with Crippen molar-refractivity contribution in [3.63, 3.8) is 0 Å². The van der Waals surface area contributed by atoms with E-state index in [0.717, 1.165) is 12.8 Å². The Balaban J connectivity index is 2.40. The highest BCUT2D eigenvalue weighted by Crippen LogP contribution is 2.24. The summed E-state index contributed by atoms with van der Waals surface area (Å²) in [5, 5.41) is 0.414. The summed E-state index contributed by atoms with van der Waals surface area (Å²) in [6, 6.07) is 4.61. The van der Waals surface area contributed by atoms with Crippen LogP contribution >= 0.6 is 11.6 Å². The van der Waals surface area contributed by atoms with Gasteiger partial charge in [-0.05, 0) is 18.6 Å². The van der Waals surface area contributed by atoms with Crippen molar-refractivity contribution in [2.45, 2.75) is 57.9 Å². The zero-order valence-electron chi connectivity index (χ0n) is 11.6. The van der Waals surface area contributed by atoms with Crippen molar-refractivity contribution in [3.05, 3.63) is 34.6 Å². The smallest absolute Gasteiger partial charge is 0.129 e. The Morgan fingerprint density at radius 2 is 1.89 bits per heavy atom. The van der Waals surface area contributed by atoms with Crippen molar-refractivity contribution in [2.24, 2.45) is 5.84 Å². The molecule has 1 aromatic carbocycles. The van der Waals surface area contributed by atoms with Crippen LogP contribution in [0.3, 0.4) is 0 Å². The second-order valence-electron chi connectivity index (χ2n) is 4.94. The maximum atomic E-state index is 13.8. The second-order valence-corrected chi connectivity index (χ2v) is 5.38. The normalized spacial score (nSPS) is 12.6. The van der Waals surface area contributed by atoms with Crippen LogP contribution in [0.15, 0.2) is 18.2 Å². The molecule has 0 aliphatic rings. The maximum absolute atomic E-state index is 13.8. The fourth-order valence-electron chi connectivity index (χ4n) is 2.24. The quantitative estimate of drug-likeness (QED) is 0.391. The topological polar surface area (TPSA) is 38.0 Å². The van der Waals surface area contributed by atoms with Crippen molar-refractivity contribution in [3.8, 4) is 0 Å². The molecule has 0 saturated carbocycles. The monoisotopic (exact) mass is 286 g/mol. The molecule has 0 amide bonds. The van der Waals surface area contributed by atoms with E-state index in [9.17, 15) is 4.39 Å². The van der Waals surface area contributed by atoms with Gasteiger partial charge in [-0.25, -0.2) is 4.39 Å². The van der Waals surface area contributed by atoms with E-state index in [4.69, 9.17) is 17.4 Å². The van der Waals surface area contributed by atoms with Crippen LogP contribution in [0.4, 0.5) is 4.39 Å². The maximum Gasteiger partial charge on any atom is 0.129 e. The van der Waals surface area contributed by atoms with Gasteiger partial charge < -0.3 is 0 Å². The standard InChI is InChI=1S/C15H24ClFN2/c1-2-3-4-5-6-7-8-15(19-18)13-10-9-12(16)11-14(13)17/h9-11,15,19H,2-8,18H2,1H3. The van der Waals surface area contributed by atoms with Gasteiger partial charge in [0.25, 0.3) is 0 Å². The number of nitrogens with two attached hydrogens (primary N) is 1. The highest BCUT2D eigenvalue weighted by molar-refractivity contribution is 6.30. The molecule has 0 aliphatic carbocycles. The van der Waals surface area contributed by atoms with Gasteiger partial charge in [0.15, 0.2) is 0 Å². The molecule has 1 unspecified atom stereocenters. The Bertz CT molecular complexity index is 371. The molecule has 0 radical (unpaired) electrons. The van der Waals surface area contributed by atoms with Crippen molar-refractivity contribution in [2.75, 3.05) is 0 Å². The van der Waals surface area contributed by atoms with E-state index in [0.29, 0.717) is 10.6 Å². The minimum Gasteiger partial charge on any atom is -0.271 e. The fourth-order valence-corrected chi connectivity index (χ4v) is 2.40. The summed E-state index contributed by atoms with van der Waals surface area (Å²) in [4.78, 5) is 0. The first-order valence-electron chi connectivity index (χ1n) is 7.10. The number of nitrogens with one attached hydrogen (secondary N) is 1. The Labute approximate surface area is 120 Å². The average Bonchev–Trinajstić information content (AvgIpc) is 2.39. The lowest BCUT2D eigenvalue weighted by Crippen LogP contribution is -2.28. The molecule has 0 fully saturated rings. The van der Waals surface area contributed by atoms with E-state index < -0.39 is 0 Å². The first kappa shape index (κ1) is 16.4. The number of hydrogen-bond acceptors (Lipinski definition) is 2. The van der Waals surface area contributed by atoms with Crippen LogP contribution in [-0.4, -0.2) is 0 Å². The second kappa shape index (κ2) is 9.29. The first-order valence-corrected chi connectivity index (χ1v) is 7.48. The van der Waals surface area contributed by atoms with Crippen LogP contribution in [0.2, 0.25) is 5.02 Å². The Morgan fingerprint density at radius 1 is 1.21 bits per heavy atom. The predicted octanol–water partition coefficient (Wildman–Crippen LogP) is 4.73. The molecule has 0 heterocycles. The molecule has 19 heavy (non-hydrogen) atoms. The lowest BCUT2D eigenvalue weighted by Gasteiger charge is -2.17. The number of unbranched alkanes of at least 4 members (excludes halogenated alkanes) is 5. The van der Waals surface area contributed by atoms with Crippen LogP contribution < -0.4 is 11.3 Å². The van der Waals surface area contributed by atoms with E-state index in [-0.39, 0.29) is 11.9 Å². The van der Waals surface area contributed by atoms with Gasteiger partial charge in [0.2, 0.25) is 0 Å². The van der Waals surface area contributed by atoms with Crippen molar-refractivity contribution in [1.29, 1.82) is 0 Å². The summed E-state index contributed by atoms with van der Waals surface area (Å²) in [7, 11) is 0. The number of hydrazine groups is 1. The van der Waals surface area contributed by atoms with Gasteiger partial charge in [-0.1, -0.05) is 63.1 Å².